The maximum atomic E-state index is 12.7. The van der Waals surface area contributed by atoms with Gasteiger partial charge in [-0.05, 0) is 36.8 Å². The number of benzene rings is 2. The average molecular weight is 401 g/mol. The van der Waals surface area contributed by atoms with E-state index in [2.05, 4.69) is 29.0 Å². The van der Waals surface area contributed by atoms with Crippen LogP contribution in [-0.2, 0) is 23.1 Å². The third-order valence-electron chi connectivity index (χ3n) is 4.51. The van der Waals surface area contributed by atoms with Crippen LogP contribution in [0.3, 0.4) is 0 Å². The number of methoxy groups -OCH3 is 2. The fraction of sp³-hybridized carbons (Fsp3) is 0.238. The smallest absolute Gasteiger partial charge is 0.241 e. The summed E-state index contributed by atoms with van der Waals surface area (Å²) in [6, 6.07) is 16.6. The standard InChI is InChI=1S/C21H24N2O4S/c1-16-6-8-17(9-7-16)15-23-12-4-5-18(23)14-22-28(24,25)19-10-11-20(26-2)21(13-19)27-3/h4-13,22H,14-15H2,1-3H3. The Balaban J connectivity index is 1.73. The number of nitrogens with zero attached hydrogens (tertiary/aromatic N) is 1. The minimum Gasteiger partial charge on any atom is -0.493 e. The molecule has 0 unspecified atom stereocenters. The summed E-state index contributed by atoms with van der Waals surface area (Å²) >= 11 is 0. The first-order valence-electron chi connectivity index (χ1n) is 8.84. The first kappa shape index (κ1) is 20.0. The summed E-state index contributed by atoms with van der Waals surface area (Å²) in [4.78, 5) is 0.127. The van der Waals surface area contributed by atoms with E-state index < -0.39 is 10.0 Å². The van der Waals surface area contributed by atoms with Crippen LogP contribution in [0.1, 0.15) is 16.8 Å². The van der Waals surface area contributed by atoms with Gasteiger partial charge >= 0.3 is 0 Å². The lowest BCUT2D eigenvalue weighted by molar-refractivity contribution is 0.354. The lowest BCUT2D eigenvalue weighted by Gasteiger charge is -2.13. The minimum absolute atomic E-state index is 0.127. The van der Waals surface area contributed by atoms with Gasteiger partial charge in [0.25, 0.3) is 0 Å². The van der Waals surface area contributed by atoms with Gasteiger partial charge in [-0.3, -0.25) is 0 Å². The summed E-state index contributed by atoms with van der Waals surface area (Å²) in [7, 11) is -0.710. The van der Waals surface area contributed by atoms with Crippen LogP contribution in [0.2, 0.25) is 0 Å². The van der Waals surface area contributed by atoms with E-state index in [-0.39, 0.29) is 11.4 Å². The zero-order chi connectivity index (χ0) is 20.1. The quantitative estimate of drug-likeness (QED) is 0.630. The van der Waals surface area contributed by atoms with Gasteiger partial charge in [-0.15, -0.1) is 0 Å². The Hall–Kier alpha value is -2.77. The lowest BCUT2D eigenvalue weighted by Crippen LogP contribution is -2.24. The largest absolute Gasteiger partial charge is 0.493 e. The molecule has 0 saturated heterocycles. The van der Waals surface area contributed by atoms with Crippen molar-refractivity contribution in [1.29, 1.82) is 0 Å². The van der Waals surface area contributed by atoms with Crippen molar-refractivity contribution in [3.8, 4) is 11.5 Å². The molecule has 0 aliphatic carbocycles. The summed E-state index contributed by atoms with van der Waals surface area (Å²) in [5.74, 6) is 0.849. The number of hydrogen-bond acceptors (Lipinski definition) is 4. The van der Waals surface area contributed by atoms with E-state index in [1.165, 1.54) is 31.9 Å². The van der Waals surface area contributed by atoms with Crippen molar-refractivity contribution in [3.63, 3.8) is 0 Å². The molecule has 148 valence electrons. The molecule has 2 aromatic carbocycles. The highest BCUT2D eigenvalue weighted by Crippen LogP contribution is 2.29. The van der Waals surface area contributed by atoms with Crippen molar-refractivity contribution in [2.24, 2.45) is 0 Å². The van der Waals surface area contributed by atoms with Crippen molar-refractivity contribution < 1.29 is 17.9 Å². The molecule has 7 heteroatoms. The molecule has 0 saturated carbocycles. The number of aromatic nitrogens is 1. The predicted molar refractivity (Wildman–Crippen MR) is 108 cm³/mol. The normalized spacial score (nSPS) is 11.4. The van der Waals surface area contributed by atoms with Gasteiger partial charge in [0.15, 0.2) is 11.5 Å². The van der Waals surface area contributed by atoms with Gasteiger partial charge in [0.05, 0.1) is 25.7 Å². The van der Waals surface area contributed by atoms with Gasteiger partial charge in [-0.2, -0.15) is 0 Å². The van der Waals surface area contributed by atoms with E-state index in [4.69, 9.17) is 9.47 Å². The molecule has 0 bridgehead atoms. The topological polar surface area (TPSA) is 69.6 Å². The number of rotatable bonds is 8. The molecule has 28 heavy (non-hydrogen) atoms. The van der Waals surface area contributed by atoms with E-state index in [1.54, 1.807) is 6.07 Å². The molecule has 0 fully saturated rings. The summed E-state index contributed by atoms with van der Waals surface area (Å²) in [6.45, 7) is 2.92. The molecule has 1 N–H and O–H groups in total. The van der Waals surface area contributed by atoms with Crippen molar-refractivity contribution in [1.82, 2.24) is 9.29 Å². The summed E-state index contributed by atoms with van der Waals surface area (Å²) < 4.78 is 40.4. The Morgan fingerprint density at radius 3 is 2.36 bits per heavy atom. The van der Waals surface area contributed by atoms with Crippen LogP contribution in [-0.4, -0.2) is 27.2 Å². The van der Waals surface area contributed by atoms with Crippen LogP contribution in [0.4, 0.5) is 0 Å². The van der Waals surface area contributed by atoms with Gasteiger partial charge in [-0.1, -0.05) is 29.8 Å². The molecule has 0 atom stereocenters. The predicted octanol–water partition coefficient (Wildman–Crippen LogP) is 3.34. The molecule has 0 aliphatic rings. The van der Waals surface area contributed by atoms with Crippen LogP contribution in [0.25, 0.3) is 0 Å². The van der Waals surface area contributed by atoms with Crippen molar-refractivity contribution in [2.45, 2.75) is 24.9 Å². The monoisotopic (exact) mass is 400 g/mol. The Labute approximate surface area is 165 Å². The molecule has 6 nitrogen and oxygen atoms in total. The molecule has 0 radical (unpaired) electrons. The third-order valence-corrected chi connectivity index (χ3v) is 5.90. The Kier molecular flexibility index (Phi) is 6.06. The van der Waals surface area contributed by atoms with Crippen LogP contribution < -0.4 is 14.2 Å². The van der Waals surface area contributed by atoms with Crippen LogP contribution >= 0.6 is 0 Å². The molecule has 1 heterocycles. The summed E-state index contributed by atoms with van der Waals surface area (Å²) in [5.41, 5.74) is 3.24. The molecular formula is C21H24N2O4S. The number of ether oxygens (including phenoxy) is 2. The van der Waals surface area contributed by atoms with E-state index in [1.807, 2.05) is 29.8 Å². The van der Waals surface area contributed by atoms with Crippen molar-refractivity contribution >= 4 is 10.0 Å². The molecule has 3 rings (SSSR count). The molecule has 1 aromatic heterocycles. The Bertz CT molecular complexity index is 1040. The molecule has 3 aromatic rings. The second-order valence-corrected chi connectivity index (χ2v) is 8.22. The fourth-order valence-corrected chi connectivity index (χ4v) is 3.90. The second kappa shape index (κ2) is 8.50. The van der Waals surface area contributed by atoms with Gasteiger partial charge < -0.3 is 14.0 Å². The first-order chi connectivity index (χ1) is 13.4. The summed E-state index contributed by atoms with van der Waals surface area (Å²) in [5, 5.41) is 0. The Morgan fingerprint density at radius 2 is 1.68 bits per heavy atom. The maximum Gasteiger partial charge on any atom is 0.241 e. The number of sulfonamides is 1. The zero-order valence-electron chi connectivity index (χ0n) is 16.2. The SMILES string of the molecule is COc1ccc(S(=O)(=O)NCc2cccn2Cc2ccc(C)cc2)cc1OC. The second-order valence-electron chi connectivity index (χ2n) is 6.45. The molecular weight excluding hydrogens is 376 g/mol. The number of aryl methyl sites for hydroxylation is 1. The highest BCUT2D eigenvalue weighted by molar-refractivity contribution is 7.89. The third kappa shape index (κ3) is 4.55. The minimum atomic E-state index is -3.69. The van der Waals surface area contributed by atoms with Crippen molar-refractivity contribution in [2.75, 3.05) is 14.2 Å². The average Bonchev–Trinajstić information content (AvgIpc) is 3.14. The molecule has 0 spiro atoms. The Morgan fingerprint density at radius 1 is 0.964 bits per heavy atom. The van der Waals surface area contributed by atoms with Crippen LogP contribution in [0.5, 0.6) is 11.5 Å². The lowest BCUT2D eigenvalue weighted by atomic mass is 10.1. The van der Waals surface area contributed by atoms with Crippen LogP contribution in [0.15, 0.2) is 65.7 Å². The molecule has 0 amide bonds. The number of nitrogens with one attached hydrogen (secondary N) is 1. The van der Waals surface area contributed by atoms with Gasteiger partial charge in [0.1, 0.15) is 0 Å². The van der Waals surface area contributed by atoms with E-state index in [0.29, 0.717) is 18.0 Å². The van der Waals surface area contributed by atoms with Gasteiger partial charge in [0, 0.05) is 24.5 Å². The highest BCUT2D eigenvalue weighted by Gasteiger charge is 2.17. The maximum absolute atomic E-state index is 12.7. The van der Waals surface area contributed by atoms with Gasteiger partial charge in [-0.25, -0.2) is 13.1 Å². The van der Waals surface area contributed by atoms with Gasteiger partial charge in [0.2, 0.25) is 10.0 Å². The van der Waals surface area contributed by atoms with Crippen LogP contribution in [0, 0.1) is 6.92 Å². The first-order valence-corrected chi connectivity index (χ1v) is 10.3. The fourth-order valence-electron chi connectivity index (χ4n) is 2.89. The van der Waals surface area contributed by atoms with E-state index in [9.17, 15) is 8.42 Å². The summed E-state index contributed by atoms with van der Waals surface area (Å²) in [6.07, 6.45) is 1.94. The molecule has 0 aliphatic heterocycles. The zero-order valence-corrected chi connectivity index (χ0v) is 17.0. The van der Waals surface area contributed by atoms with Crippen molar-refractivity contribution in [3.05, 3.63) is 77.6 Å². The van der Waals surface area contributed by atoms with E-state index in [0.717, 1.165) is 11.3 Å². The van der Waals surface area contributed by atoms with E-state index >= 15 is 0 Å². The highest BCUT2D eigenvalue weighted by atomic mass is 32.2. The number of hydrogen-bond donors (Lipinski definition) is 1.